The standard InChI is InChI=1S/C24H24N4O3/c1-16-4-6-19-18(13-16)26-24(22-3-2-10-28(19)22)8-11-27(12-9-24)23(29)25-17-5-7-20-21(14-17)31-15-30-20/h2-7,10,13-14,26H,8-9,11-12,15H2,1H3,(H,25,29). The average Bonchev–Trinajstić information content (AvgIpc) is 3.44. The van der Waals surface area contributed by atoms with Gasteiger partial charge in [-0.15, -0.1) is 0 Å². The summed E-state index contributed by atoms with van der Waals surface area (Å²) in [6, 6.07) is 16.2. The number of anilines is 2. The summed E-state index contributed by atoms with van der Waals surface area (Å²) in [5, 5.41) is 6.82. The van der Waals surface area contributed by atoms with Crippen LogP contribution in [0.1, 0.15) is 24.1 Å². The minimum atomic E-state index is -0.167. The van der Waals surface area contributed by atoms with Gasteiger partial charge in [-0.1, -0.05) is 6.07 Å². The highest BCUT2D eigenvalue weighted by Crippen LogP contribution is 2.43. The Kier molecular flexibility index (Phi) is 3.93. The molecule has 31 heavy (non-hydrogen) atoms. The number of nitrogens with one attached hydrogen (secondary N) is 2. The predicted molar refractivity (Wildman–Crippen MR) is 118 cm³/mol. The van der Waals surface area contributed by atoms with Gasteiger partial charge >= 0.3 is 6.03 Å². The van der Waals surface area contributed by atoms with Gasteiger partial charge in [0.2, 0.25) is 6.79 Å². The Morgan fingerprint density at radius 2 is 1.90 bits per heavy atom. The molecule has 2 N–H and O–H groups in total. The monoisotopic (exact) mass is 416 g/mol. The van der Waals surface area contributed by atoms with Crippen molar-refractivity contribution in [1.82, 2.24) is 9.47 Å². The number of carbonyl (C=O) groups is 1. The Labute approximate surface area is 180 Å². The van der Waals surface area contributed by atoms with E-state index in [1.54, 1.807) is 6.07 Å². The second-order valence-electron chi connectivity index (χ2n) is 8.48. The van der Waals surface area contributed by atoms with Crippen molar-refractivity contribution in [1.29, 1.82) is 0 Å². The van der Waals surface area contributed by atoms with Crippen LogP contribution in [0.2, 0.25) is 0 Å². The number of carbonyl (C=O) groups excluding carboxylic acids is 1. The van der Waals surface area contributed by atoms with E-state index >= 15 is 0 Å². The van der Waals surface area contributed by atoms with E-state index in [2.05, 4.69) is 58.7 Å². The van der Waals surface area contributed by atoms with Gasteiger partial charge in [0.05, 0.1) is 16.9 Å². The molecule has 7 heteroatoms. The second kappa shape index (κ2) is 6.70. The maximum absolute atomic E-state index is 12.9. The average molecular weight is 416 g/mol. The normalized spacial score (nSPS) is 17.6. The van der Waals surface area contributed by atoms with Crippen molar-refractivity contribution < 1.29 is 14.3 Å². The van der Waals surface area contributed by atoms with E-state index in [9.17, 15) is 4.79 Å². The van der Waals surface area contributed by atoms with Crippen molar-refractivity contribution >= 4 is 17.4 Å². The van der Waals surface area contributed by atoms with Crippen molar-refractivity contribution in [2.75, 3.05) is 30.5 Å². The van der Waals surface area contributed by atoms with Crippen molar-refractivity contribution in [3.8, 4) is 17.2 Å². The third-order valence-corrected chi connectivity index (χ3v) is 6.55. The smallest absolute Gasteiger partial charge is 0.321 e. The number of aromatic nitrogens is 1. The summed E-state index contributed by atoms with van der Waals surface area (Å²) in [7, 11) is 0. The molecule has 3 aromatic rings. The number of likely N-dealkylation sites (tertiary alicyclic amines) is 1. The third-order valence-electron chi connectivity index (χ3n) is 6.55. The number of aryl methyl sites for hydroxylation is 1. The Morgan fingerprint density at radius 1 is 1.06 bits per heavy atom. The molecule has 2 amide bonds. The van der Waals surface area contributed by atoms with Crippen molar-refractivity contribution in [2.45, 2.75) is 25.3 Å². The van der Waals surface area contributed by atoms with Crippen LogP contribution in [-0.4, -0.2) is 35.4 Å². The molecule has 0 aliphatic carbocycles. The minimum Gasteiger partial charge on any atom is -0.454 e. The van der Waals surface area contributed by atoms with Crippen LogP contribution < -0.4 is 20.1 Å². The lowest BCUT2D eigenvalue weighted by atomic mass is 9.82. The van der Waals surface area contributed by atoms with E-state index in [0.717, 1.165) is 18.5 Å². The molecule has 4 heterocycles. The first-order valence-corrected chi connectivity index (χ1v) is 10.6. The fourth-order valence-electron chi connectivity index (χ4n) is 4.91. The minimum absolute atomic E-state index is 0.0869. The van der Waals surface area contributed by atoms with Crippen LogP contribution >= 0.6 is 0 Å². The number of hydrogen-bond donors (Lipinski definition) is 2. The number of rotatable bonds is 1. The molecule has 1 saturated heterocycles. The number of benzene rings is 2. The van der Waals surface area contributed by atoms with Crippen molar-refractivity contribution in [3.05, 3.63) is 66.0 Å². The number of urea groups is 1. The third kappa shape index (κ3) is 2.91. The molecule has 0 atom stereocenters. The first-order valence-electron chi connectivity index (χ1n) is 10.6. The van der Waals surface area contributed by atoms with E-state index in [1.807, 2.05) is 17.0 Å². The van der Waals surface area contributed by atoms with E-state index in [1.165, 1.54) is 16.9 Å². The fourth-order valence-corrected chi connectivity index (χ4v) is 4.91. The van der Waals surface area contributed by atoms with Gasteiger partial charge in [0.1, 0.15) is 0 Å². The lowest BCUT2D eigenvalue weighted by molar-refractivity contribution is 0.174. The van der Waals surface area contributed by atoms with Crippen LogP contribution in [0.3, 0.4) is 0 Å². The maximum atomic E-state index is 12.9. The van der Waals surface area contributed by atoms with Crippen molar-refractivity contribution in [3.63, 3.8) is 0 Å². The Morgan fingerprint density at radius 3 is 2.77 bits per heavy atom. The molecular formula is C24H24N4O3. The molecule has 7 nitrogen and oxygen atoms in total. The Hall–Kier alpha value is -3.61. The van der Waals surface area contributed by atoms with Gasteiger partial charge in [0.15, 0.2) is 11.5 Å². The van der Waals surface area contributed by atoms with E-state index in [-0.39, 0.29) is 18.4 Å². The number of fused-ring (bicyclic) bond motifs is 5. The van der Waals surface area contributed by atoms with Crippen LogP contribution in [0.4, 0.5) is 16.2 Å². The fraction of sp³-hybridized carbons (Fsp3) is 0.292. The van der Waals surface area contributed by atoms with Gasteiger partial charge in [-0.25, -0.2) is 4.79 Å². The number of piperidine rings is 1. The number of amides is 2. The molecule has 158 valence electrons. The molecular weight excluding hydrogens is 392 g/mol. The SMILES string of the molecule is Cc1ccc2c(c1)NC1(CCN(C(=O)Nc3ccc4c(c3)OCO4)CC1)c1cccn1-2. The Balaban J connectivity index is 1.19. The highest BCUT2D eigenvalue weighted by molar-refractivity contribution is 5.90. The number of ether oxygens (including phenoxy) is 2. The molecule has 0 saturated carbocycles. The van der Waals surface area contributed by atoms with Gasteiger partial charge < -0.3 is 29.6 Å². The maximum Gasteiger partial charge on any atom is 0.321 e. The summed E-state index contributed by atoms with van der Waals surface area (Å²) in [5.74, 6) is 1.37. The van der Waals surface area contributed by atoms with Crippen molar-refractivity contribution in [2.24, 2.45) is 0 Å². The molecule has 0 bridgehead atoms. The molecule has 6 rings (SSSR count). The number of hydrogen-bond acceptors (Lipinski definition) is 4. The van der Waals surface area contributed by atoms with E-state index in [0.29, 0.717) is 30.3 Å². The highest BCUT2D eigenvalue weighted by Gasteiger charge is 2.42. The van der Waals surface area contributed by atoms with Crippen LogP contribution in [-0.2, 0) is 5.54 Å². The van der Waals surface area contributed by atoms with Gasteiger partial charge in [0, 0.05) is 36.7 Å². The Bertz CT molecular complexity index is 1180. The van der Waals surface area contributed by atoms with E-state index in [4.69, 9.17) is 9.47 Å². The summed E-state index contributed by atoms with van der Waals surface area (Å²) in [6.45, 7) is 3.69. The first kappa shape index (κ1) is 18.2. The molecule has 2 aromatic carbocycles. The van der Waals surface area contributed by atoms with Gasteiger partial charge in [-0.05, 0) is 61.7 Å². The van der Waals surface area contributed by atoms with Gasteiger partial charge in [0.25, 0.3) is 0 Å². The zero-order chi connectivity index (χ0) is 21.0. The second-order valence-corrected chi connectivity index (χ2v) is 8.48. The summed E-state index contributed by atoms with van der Waals surface area (Å²) in [4.78, 5) is 14.8. The molecule has 1 aromatic heterocycles. The largest absolute Gasteiger partial charge is 0.454 e. The number of nitrogens with zero attached hydrogens (tertiary/aromatic N) is 2. The first-order chi connectivity index (χ1) is 15.1. The lowest BCUT2D eigenvalue weighted by Crippen LogP contribution is -2.51. The predicted octanol–water partition coefficient (Wildman–Crippen LogP) is 4.46. The molecule has 3 aliphatic rings. The van der Waals surface area contributed by atoms with E-state index < -0.39 is 0 Å². The molecule has 1 fully saturated rings. The van der Waals surface area contributed by atoms with Crippen LogP contribution in [0.25, 0.3) is 5.69 Å². The summed E-state index contributed by atoms with van der Waals surface area (Å²) < 4.78 is 13.0. The highest BCUT2D eigenvalue weighted by atomic mass is 16.7. The molecule has 1 spiro atoms. The summed E-state index contributed by atoms with van der Waals surface area (Å²) >= 11 is 0. The quantitative estimate of drug-likeness (QED) is 0.615. The topological polar surface area (TPSA) is 67.8 Å². The summed E-state index contributed by atoms with van der Waals surface area (Å²) in [5.41, 5.74) is 5.38. The van der Waals surface area contributed by atoms with Gasteiger partial charge in [-0.2, -0.15) is 0 Å². The van der Waals surface area contributed by atoms with Crippen LogP contribution in [0.5, 0.6) is 11.5 Å². The molecule has 0 unspecified atom stereocenters. The zero-order valence-electron chi connectivity index (χ0n) is 17.4. The summed E-state index contributed by atoms with van der Waals surface area (Å²) in [6.07, 6.45) is 3.82. The molecule has 0 radical (unpaired) electrons. The lowest BCUT2D eigenvalue weighted by Gasteiger charge is -2.46. The van der Waals surface area contributed by atoms with Crippen LogP contribution in [0.15, 0.2) is 54.7 Å². The molecule has 3 aliphatic heterocycles. The zero-order valence-corrected chi connectivity index (χ0v) is 17.4. The van der Waals surface area contributed by atoms with Gasteiger partial charge in [-0.3, -0.25) is 0 Å². The van der Waals surface area contributed by atoms with Crippen LogP contribution in [0, 0.1) is 6.92 Å².